The van der Waals surface area contributed by atoms with Crippen LogP contribution in [-0.2, 0) is 14.3 Å². The first kappa shape index (κ1) is 9.73. The molecule has 2 amide bonds. The van der Waals surface area contributed by atoms with Gasteiger partial charge in [-0.05, 0) is 6.92 Å². The number of primary amides is 1. The van der Waals surface area contributed by atoms with E-state index in [0.717, 1.165) is 0 Å². The maximum Gasteiger partial charge on any atom is 0.250 e. The lowest BCUT2D eigenvalue weighted by Crippen LogP contribution is -2.26. The standard InChI is InChI=1S/C8H12N2O3/c1-6(8(9)12)2-3-10-5-13-4-7(10)11/h2H,3-5H2,1H3,(H2,9,12)/b6-2+. The highest BCUT2D eigenvalue weighted by atomic mass is 16.5. The molecule has 0 unspecified atom stereocenters. The van der Waals surface area contributed by atoms with E-state index >= 15 is 0 Å². The Morgan fingerprint density at radius 2 is 2.46 bits per heavy atom. The first-order valence-electron chi connectivity index (χ1n) is 3.93. The fraction of sp³-hybridized carbons (Fsp3) is 0.500. The van der Waals surface area contributed by atoms with Crippen molar-refractivity contribution in [2.45, 2.75) is 6.92 Å². The van der Waals surface area contributed by atoms with E-state index in [1.165, 1.54) is 4.90 Å². The van der Waals surface area contributed by atoms with Gasteiger partial charge in [-0.1, -0.05) is 6.08 Å². The Balaban J connectivity index is 2.45. The molecule has 0 atom stereocenters. The molecule has 1 saturated heterocycles. The van der Waals surface area contributed by atoms with Crippen molar-refractivity contribution in [3.05, 3.63) is 11.6 Å². The van der Waals surface area contributed by atoms with E-state index in [0.29, 0.717) is 18.8 Å². The second-order valence-electron chi connectivity index (χ2n) is 2.85. The van der Waals surface area contributed by atoms with Crippen molar-refractivity contribution in [2.75, 3.05) is 19.9 Å². The van der Waals surface area contributed by atoms with Crippen LogP contribution in [0.4, 0.5) is 0 Å². The Kier molecular flexibility index (Phi) is 3.02. The molecule has 0 aromatic rings. The van der Waals surface area contributed by atoms with E-state index in [9.17, 15) is 9.59 Å². The van der Waals surface area contributed by atoms with Crippen LogP contribution in [-0.4, -0.2) is 36.6 Å². The smallest absolute Gasteiger partial charge is 0.250 e. The van der Waals surface area contributed by atoms with Gasteiger partial charge in [0.1, 0.15) is 13.3 Å². The molecule has 0 radical (unpaired) electrons. The summed E-state index contributed by atoms with van der Waals surface area (Å²) in [6.45, 7) is 2.42. The van der Waals surface area contributed by atoms with Gasteiger partial charge in [-0.15, -0.1) is 0 Å². The number of rotatable bonds is 3. The Morgan fingerprint density at radius 1 is 1.77 bits per heavy atom. The van der Waals surface area contributed by atoms with Crippen molar-refractivity contribution in [1.29, 1.82) is 0 Å². The normalized spacial score (nSPS) is 18.1. The van der Waals surface area contributed by atoms with Gasteiger partial charge in [0.25, 0.3) is 5.91 Å². The van der Waals surface area contributed by atoms with Crippen LogP contribution in [0.1, 0.15) is 6.92 Å². The molecule has 1 aliphatic heterocycles. The quantitative estimate of drug-likeness (QED) is 0.585. The van der Waals surface area contributed by atoms with Gasteiger partial charge in [-0.2, -0.15) is 0 Å². The molecule has 1 heterocycles. The lowest BCUT2D eigenvalue weighted by Gasteiger charge is -2.10. The van der Waals surface area contributed by atoms with E-state index in [4.69, 9.17) is 10.5 Å². The maximum atomic E-state index is 11.0. The Morgan fingerprint density at radius 3 is 2.92 bits per heavy atom. The topological polar surface area (TPSA) is 72.6 Å². The molecular formula is C8H12N2O3. The number of hydrogen-bond donors (Lipinski definition) is 1. The van der Waals surface area contributed by atoms with Crippen molar-refractivity contribution in [3.8, 4) is 0 Å². The zero-order valence-electron chi connectivity index (χ0n) is 7.45. The third-order valence-corrected chi connectivity index (χ3v) is 1.83. The number of carbonyl (C=O) groups is 2. The average molecular weight is 184 g/mol. The van der Waals surface area contributed by atoms with Crippen LogP contribution >= 0.6 is 0 Å². The maximum absolute atomic E-state index is 11.0. The number of amides is 2. The van der Waals surface area contributed by atoms with Crippen LogP contribution in [0.2, 0.25) is 0 Å². The summed E-state index contributed by atoms with van der Waals surface area (Å²) in [5, 5.41) is 0. The highest BCUT2D eigenvalue weighted by Gasteiger charge is 2.19. The van der Waals surface area contributed by atoms with E-state index in [1.54, 1.807) is 13.0 Å². The molecule has 13 heavy (non-hydrogen) atoms. The Hall–Kier alpha value is -1.36. The second kappa shape index (κ2) is 4.04. The SMILES string of the molecule is C/C(=C\CN1COCC1=O)C(N)=O. The Labute approximate surface area is 76.1 Å². The molecule has 1 fully saturated rings. The molecule has 2 N–H and O–H groups in total. The third kappa shape index (κ3) is 2.55. The predicted octanol–water partition coefficient (Wildman–Crippen LogP) is -0.766. The van der Waals surface area contributed by atoms with Crippen LogP contribution in [0.15, 0.2) is 11.6 Å². The van der Waals surface area contributed by atoms with Crippen molar-refractivity contribution in [1.82, 2.24) is 4.90 Å². The first-order valence-corrected chi connectivity index (χ1v) is 3.93. The van der Waals surface area contributed by atoms with Gasteiger partial charge in [0.15, 0.2) is 0 Å². The van der Waals surface area contributed by atoms with Crippen LogP contribution in [0.25, 0.3) is 0 Å². The minimum atomic E-state index is -0.465. The number of carbonyl (C=O) groups excluding carboxylic acids is 2. The summed E-state index contributed by atoms with van der Waals surface area (Å²) in [6.07, 6.45) is 1.62. The van der Waals surface area contributed by atoms with Gasteiger partial charge in [0.05, 0.1) is 0 Å². The molecule has 0 aromatic carbocycles. The summed E-state index contributed by atoms with van der Waals surface area (Å²) in [5.41, 5.74) is 5.47. The van der Waals surface area contributed by atoms with Gasteiger partial charge in [0, 0.05) is 12.1 Å². The zero-order valence-corrected chi connectivity index (χ0v) is 7.45. The highest BCUT2D eigenvalue weighted by Crippen LogP contribution is 2.02. The summed E-state index contributed by atoms with van der Waals surface area (Å²) in [5.74, 6) is -0.527. The summed E-state index contributed by atoms with van der Waals surface area (Å²) in [4.78, 5) is 23.1. The molecule has 72 valence electrons. The minimum Gasteiger partial charge on any atom is -0.366 e. The summed E-state index contributed by atoms with van der Waals surface area (Å²) >= 11 is 0. The van der Waals surface area contributed by atoms with Gasteiger partial charge < -0.3 is 15.4 Å². The van der Waals surface area contributed by atoms with Gasteiger partial charge in [-0.25, -0.2) is 0 Å². The van der Waals surface area contributed by atoms with E-state index in [-0.39, 0.29) is 12.5 Å². The molecule has 0 aliphatic carbocycles. The van der Waals surface area contributed by atoms with Crippen molar-refractivity contribution in [3.63, 3.8) is 0 Å². The van der Waals surface area contributed by atoms with E-state index < -0.39 is 5.91 Å². The molecule has 0 aromatic heterocycles. The third-order valence-electron chi connectivity index (χ3n) is 1.83. The van der Waals surface area contributed by atoms with Crippen LogP contribution in [0.3, 0.4) is 0 Å². The fourth-order valence-electron chi connectivity index (χ4n) is 0.909. The first-order chi connectivity index (χ1) is 6.11. The molecule has 5 heteroatoms. The van der Waals surface area contributed by atoms with Gasteiger partial charge in [0.2, 0.25) is 5.91 Å². The van der Waals surface area contributed by atoms with Crippen LogP contribution in [0.5, 0.6) is 0 Å². The van der Waals surface area contributed by atoms with Crippen molar-refractivity contribution < 1.29 is 14.3 Å². The monoisotopic (exact) mass is 184 g/mol. The molecule has 1 aliphatic rings. The fourth-order valence-corrected chi connectivity index (χ4v) is 0.909. The molecule has 1 rings (SSSR count). The van der Waals surface area contributed by atoms with Gasteiger partial charge in [-0.3, -0.25) is 9.59 Å². The van der Waals surface area contributed by atoms with Crippen LogP contribution < -0.4 is 5.73 Å². The highest BCUT2D eigenvalue weighted by molar-refractivity contribution is 5.91. The largest absolute Gasteiger partial charge is 0.366 e. The van der Waals surface area contributed by atoms with Crippen molar-refractivity contribution >= 4 is 11.8 Å². The van der Waals surface area contributed by atoms with Crippen molar-refractivity contribution in [2.24, 2.45) is 5.73 Å². The van der Waals surface area contributed by atoms with Gasteiger partial charge >= 0.3 is 0 Å². The lowest BCUT2D eigenvalue weighted by molar-refractivity contribution is -0.126. The second-order valence-corrected chi connectivity index (χ2v) is 2.85. The molecule has 5 nitrogen and oxygen atoms in total. The molecule has 0 saturated carbocycles. The summed E-state index contributed by atoms with van der Waals surface area (Å²) in [7, 11) is 0. The molecule has 0 spiro atoms. The molecule has 0 bridgehead atoms. The van der Waals surface area contributed by atoms with Crippen LogP contribution in [0, 0.1) is 0 Å². The number of nitrogens with two attached hydrogens (primary N) is 1. The number of nitrogens with zero attached hydrogens (tertiary/aromatic N) is 1. The summed E-state index contributed by atoms with van der Waals surface area (Å²) in [6, 6.07) is 0. The lowest BCUT2D eigenvalue weighted by atomic mass is 10.2. The predicted molar refractivity (Wildman–Crippen MR) is 45.5 cm³/mol. The van der Waals surface area contributed by atoms with E-state index in [1.807, 2.05) is 0 Å². The average Bonchev–Trinajstić information content (AvgIpc) is 2.47. The zero-order chi connectivity index (χ0) is 9.84. The van der Waals surface area contributed by atoms with E-state index in [2.05, 4.69) is 0 Å². The summed E-state index contributed by atoms with van der Waals surface area (Å²) < 4.78 is 4.89. The Bertz CT molecular complexity index is 260. The number of ether oxygens (including phenoxy) is 1. The minimum absolute atomic E-state index is 0.0616. The number of hydrogen-bond acceptors (Lipinski definition) is 3. The molecular weight excluding hydrogens is 172 g/mol.